The Morgan fingerprint density at radius 3 is 3.00 bits per heavy atom. The van der Waals surface area contributed by atoms with E-state index in [1.165, 1.54) is 11.3 Å². The van der Waals surface area contributed by atoms with Crippen molar-refractivity contribution >= 4 is 11.7 Å². The standard InChI is InChI=1S/C15H21NO2/c1-3-18-15(17)12(2)11-16-10-6-8-13-7-4-5-9-14(13)16/h4-5,7,9,12H,3,6,8,10-11H2,1-2H3. The molecule has 0 aromatic heterocycles. The molecule has 0 N–H and O–H groups in total. The predicted molar refractivity (Wildman–Crippen MR) is 72.8 cm³/mol. The van der Waals surface area contributed by atoms with Gasteiger partial charge in [-0.25, -0.2) is 0 Å². The van der Waals surface area contributed by atoms with Gasteiger partial charge in [-0.15, -0.1) is 0 Å². The van der Waals surface area contributed by atoms with Gasteiger partial charge >= 0.3 is 5.97 Å². The summed E-state index contributed by atoms with van der Waals surface area (Å²) in [5.74, 6) is -0.170. The highest BCUT2D eigenvalue weighted by atomic mass is 16.5. The van der Waals surface area contributed by atoms with E-state index in [4.69, 9.17) is 4.74 Å². The summed E-state index contributed by atoms with van der Waals surface area (Å²) in [5, 5.41) is 0. The molecule has 1 unspecified atom stereocenters. The minimum Gasteiger partial charge on any atom is -0.466 e. The number of carbonyl (C=O) groups is 1. The number of carbonyl (C=O) groups excluding carboxylic acids is 1. The van der Waals surface area contributed by atoms with Crippen molar-refractivity contribution in [1.82, 2.24) is 0 Å². The summed E-state index contributed by atoms with van der Waals surface area (Å²) in [5.41, 5.74) is 2.67. The van der Waals surface area contributed by atoms with E-state index >= 15 is 0 Å². The zero-order valence-corrected chi connectivity index (χ0v) is 11.2. The van der Waals surface area contributed by atoms with Crippen LogP contribution in [-0.2, 0) is 16.0 Å². The molecule has 1 atom stereocenters. The molecule has 0 radical (unpaired) electrons. The van der Waals surface area contributed by atoms with Gasteiger partial charge in [0.15, 0.2) is 0 Å². The fourth-order valence-electron chi connectivity index (χ4n) is 2.49. The molecule has 0 spiro atoms. The summed E-state index contributed by atoms with van der Waals surface area (Å²) in [6.07, 6.45) is 2.30. The number of aryl methyl sites for hydroxylation is 1. The number of rotatable bonds is 4. The number of esters is 1. The van der Waals surface area contributed by atoms with E-state index in [0.717, 1.165) is 25.9 Å². The van der Waals surface area contributed by atoms with Crippen molar-refractivity contribution < 1.29 is 9.53 Å². The minimum absolute atomic E-state index is 0.0730. The summed E-state index contributed by atoms with van der Waals surface area (Å²) < 4.78 is 5.07. The highest BCUT2D eigenvalue weighted by Crippen LogP contribution is 2.27. The van der Waals surface area contributed by atoms with Gasteiger partial charge in [0.2, 0.25) is 0 Å². The van der Waals surface area contributed by atoms with Crippen LogP contribution in [-0.4, -0.2) is 25.7 Å². The van der Waals surface area contributed by atoms with Crippen molar-refractivity contribution in [3.05, 3.63) is 29.8 Å². The van der Waals surface area contributed by atoms with Gasteiger partial charge in [-0.2, -0.15) is 0 Å². The predicted octanol–water partition coefficient (Wildman–Crippen LogP) is 2.64. The minimum atomic E-state index is -0.0967. The summed E-state index contributed by atoms with van der Waals surface area (Å²) >= 11 is 0. The van der Waals surface area contributed by atoms with E-state index in [0.29, 0.717) is 6.61 Å². The third kappa shape index (κ3) is 2.84. The normalized spacial score (nSPS) is 16.0. The molecule has 1 aliphatic rings. The van der Waals surface area contributed by atoms with Crippen LogP contribution in [0, 0.1) is 5.92 Å². The van der Waals surface area contributed by atoms with E-state index in [1.807, 2.05) is 13.8 Å². The first-order valence-corrected chi connectivity index (χ1v) is 6.72. The summed E-state index contributed by atoms with van der Waals surface area (Å²) in [4.78, 5) is 14.0. The maximum absolute atomic E-state index is 11.7. The van der Waals surface area contributed by atoms with E-state index in [9.17, 15) is 4.79 Å². The number of para-hydroxylation sites is 1. The SMILES string of the molecule is CCOC(=O)C(C)CN1CCCc2ccccc21. The van der Waals surface area contributed by atoms with Gasteiger partial charge in [0, 0.05) is 18.8 Å². The Morgan fingerprint density at radius 1 is 1.44 bits per heavy atom. The van der Waals surface area contributed by atoms with Crippen LogP contribution in [0.5, 0.6) is 0 Å². The Kier molecular flexibility index (Phi) is 4.24. The van der Waals surface area contributed by atoms with Gasteiger partial charge in [-0.1, -0.05) is 25.1 Å². The Hall–Kier alpha value is -1.51. The largest absolute Gasteiger partial charge is 0.466 e. The second kappa shape index (κ2) is 5.89. The van der Waals surface area contributed by atoms with E-state index < -0.39 is 0 Å². The molecule has 1 aromatic carbocycles. The summed E-state index contributed by atoms with van der Waals surface area (Å²) in [7, 11) is 0. The Morgan fingerprint density at radius 2 is 2.22 bits per heavy atom. The van der Waals surface area contributed by atoms with Crippen LogP contribution in [0.3, 0.4) is 0 Å². The van der Waals surface area contributed by atoms with Gasteiger partial charge in [0.05, 0.1) is 12.5 Å². The number of anilines is 1. The van der Waals surface area contributed by atoms with E-state index in [-0.39, 0.29) is 11.9 Å². The van der Waals surface area contributed by atoms with Gasteiger partial charge in [-0.05, 0) is 31.4 Å². The Bertz CT molecular complexity index is 417. The molecule has 3 nitrogen and oxygen atoms in total. The van der Waals surface area contributed by atoms with Crippen LogP contribution >= 0.6 is 0 Å². The van der Waals surface area contributed by atoms with Crippen molar-refractivity contribution in [1.29, 1.82) is 0 Å². The first kappa shape index (κ1) is 12.9. The molecule has 1 aromatic rings. The number of hydrogen-bond acceptors (Lipinski definition) is 3. The molecule has 3 heteroatoms. The molecule has 1 heterocycles. The maximum Gasteiger partial charge on any atom is 0.310 e. The van der Waals surface area contributed by atoms with Crippen LogP contribution in [0.2, 0.25) is 0 Å². The van der Waals surface area contributed by atoms with Crippen molar-refractivity contribution in [2.75, 3.05) is 24.6 Å². The molecule has 2 rings (SSSR count). The highest BCUT2D eigenvalue weighted by molar-refractivity contribution is 5.73. The van der Waals surface area contributed by atoms with Crippen LogP contribution < -0.4 is 4.90 Å². The number of benzene rings is 1. The number of hydrogen-bond donors (Lipinski definition) is 0. The molecule has 98 valence electrons. The fourth-order valence-corrected chi connectivity index (χ4v) is 2.49. The smallest absolute Gasteiger partial charge is 0.310 e. The molecule has 0 saturated carbocycles. The van der Waals surface area contributed by atoms with Crippen LogP contribution in [0.1, 0.15) is 25.8 Å². The average molecular weight is 247 g/mol. The van der Waals surface area contributed by atoms with Crippen LogP contribution in [0.25, 0.3) is 0 Å². The summed E-state index contributed by atoms with van der Waals surface area (Å²) in [6, 6.07) is 8.46. The van der Waals surface area contributed by atoms with Crippen LogP contribution in [0.4, 0.5) is 5.69 Å². The molecule has 0 fully saturated rings. The zero-order chi connectivity index (χ0) is 13.0. The zero-order valence-electron chi connectivity index (χ0n) is 11.2. The lowest BCUT2D eigenvalue weighted by atomic mass is 10.0. The highest BCUT2D eigenvalue weighted by Gasteiger charge is 2.22. The number of nitrogens with zero attached hydrogens (tertiary/aromatic N) is 1. The first-order valence-electron chi connectivity index (χ1n) is 6.72. The molecule has 18 heavy (non-hydrogen) atoms. The number of ether oxygens (including phenoxy) is 1. The van der Waals surface area contributed by atoms with Gasteiger partial charge in [0.1, 0.15) is 0 Å². The lowest BCUT2D eigenvalue weighted by molar-refractivity contribution is -0.147. The van der Waals surface area contributed by atoms with E-state index in [2.05, 4.69) is 29.2 Å². The average Bonchev–Trinajstić information content (AvgIpc) is 2.39. The molecular weight excluding hydrogens is 226 g/mol. The lowest BCUT2D eigenvalue weighted by Crippen LogP contribution is -2.36. The van der Waals surface area contributed by atoms with Crippen LogP contribution in [0.15, 0.2) is 24.3 Å². The van der Waals surface area contributed by atoms with Crippen molar-refractivity contribution in [2.24, 2.45) is 5.92 Å². The molecule has 0 bridgehead atoms. The first-order chi connectivity index (χ1) is 8.72. The summed E-state index contributed by atoms with van der Waals surface area (Å²) in [6.45, 7) is 6.02. The van der Waals surface area contributed by atoms with Gasteiger partial charge < -0.3 is 9.64 Å². The van der Waals surface area contributed by atoms with E-state index in [1.54, 1.807) is 0 Å². The molecular formula is C15H21NO2. The molecule has 0 amide bonds. The second-order valence-corrected chi connectivity index (χ2v) is 4.83. The van der Waals surface area contributed by atoms with Crippen molar-refractivity contribution in [3.8, 4) is 0 Å². The fraction of sp³-hybridized carbons (Fsp3) is 0.533. The maximum atomic E-state index is 11.7. The Labute approximate surface area is 109 Å². The molecule has 0 aliphatic carbocycles. The van der Waals surface area contributed by atoms with Gasteiger partial charge in [0.25, 0.3) is 0 Å². The Balaban J connectivity index is 2.05. The molecule has 1 aliphatic heterocycles. The number of fused-ring (bicyclic) bond motifs is 1. The third-order valence-electron chi connectivity index (χ3n) is 3.39. The van der Waals surface area contributed by atoms with Gasteiger partial charge in [-0.3, -0.25) is 4.79 Å². The second-order valence-electron chi connectivity index (χ2n) is 4.83. The van der Waals surface area contributed by atoms with Crippen molar-refractivity contribution in [2.45, 2.75) is 26.7 Å². The quantitative estimate of drug-likeness (QED) is 0.766. The topological polar surface area (TPSA) is 29.5 Å². The lowest BCUT2D eigenvalue weighted by Gasteiger charge is -2.32. The van der Waals surface area contributed by atoms with Crippen molar-refractivity contribution in [3.63, 3.8) is 0 Å². The monoisotopic (exact) mass is 247 g/mol. The molecule has 0 saturated heterocycles. The third-order valence-corrected chi connectivity index (χ3v) is 3.39.